The number of esters is 1. The number of para-hydroxylation sites is 1. The molecule has 1 saturated heterocycles. The van der Waals surface area contributed by atoms with Crippen LogP contribution in [0.3, 0.4) is 0 Å². The van der Waals surface area contributed by atoms with E-state index in [1.165, 1.54) is 4.90 Å². The molecule has 0 saturated carbocycles. The van der Waals surface area contributed by atoms with Crippen molar-refractivity contribution in [3.05, 3.63) is 36.0 Å². The van der Waals surface area contributed by atoms with E-state index in [4.69, 9.17) is 11.5 Å². The summed E-state index contributed by atoms with van der Waals surface area (Å²) in [6.45, 7) is -1.12. The quantitative estimate of drug-likeness (QED) is 0.0914. The molecule has 0 radical (unpaired) electrons. The van der Waals surface area contributed by atoms with Crippen LogP contribution in [0.4, 0.5) is 9.18 Å². The summed E-state index contributed by atoms with van der Waals surface area (Å²) >= 11 is 0. The fourth-order valence-electron chi connectivity index (χ4n) is 5.44. The first-order chi connectivity index (χ1) is 22.5. The second kappa shape index (κ2) is 17.5. The lowest BCUT2D eigenvalue weighted by molar-refractivity contribution is -0.147. The first kappa shape index (κ1) is 36.3. The van der Waals surface area contributed by atoms with Gasteiger partial charge in [-0.1, -0.05) is 18.2 Å². The molecule has 1 aliphatic rings. The number of hydrogen-bond acceptors (Lipinski definition) is 8. The van der Waals surface area contributed by atoms with Gasteiger partial charge in [-0.25, -0.2) is 9.18 Å². The largest absolute Gasteiger partial charge is 0.469 e. The van der Waals surface area contributed by atoms with E-state index in [-0.39, 0.29) is 45.2 Å². The van der Waals surface area contributed by atoms with Crippen LogP contribution in [0.15, 0.2) is 30.5 Å². The highest BCUT2D eigenvalue weighted by Crippen LogP contribution is 2.26. The van der Waals surface area contributed by atoms with Gasteiger partial charge in [0.05, 0.1) is 7.11 Å². The number of ether oxygens (including phenoxy) is 1. The molecule has 3 rings (SSSR count). The van der Waals surface area contributed by atoms with Crippen LogP contribution in [-0.4, -0.2) is 96.4 Å². The number of aromatic amines is 1. The van der Waals surface area contributed by atoms with Crippen molar-refractivity contribution in [3.63, 3.8) is 0 Å². The van der Waals surface area contributed by atoms with E-state index >= 15 is 0 Å². The van der Waals surface area contributed by atoms with Gasteiger partial charge in [0.15, 0.2) is 6.67 Å². The number of H-pyrrole nitrogens is 1. The van der Waals surface area contributed by atoms with Crippen molar-refractivity contribution in [2.75, 3.05) is 26.9 Å². The van der Waals surface area contributed by atoms with Gasteiger partial charge in [-0.15, -0.1) is 0 Å². The number of amides is 7. The minimum Gasteiger partial charge on any atom is -0.469 e. The lowest BCUT2D eigenvalue weighted by atomic mass is 9.97. The number of primary amides is 2. The second-order valence-electron chi connectivity index (χ2n) is 11.0. The molecule has 47 heavy (non-hydrogen) atoms. The molecule has 1 fully saturated rings. The number of nitrogens with one attached hydrogen (secondary N) is 5. The van der Waals surface area contributed by atoms with E-state index in [1.54, 1.807) is 30.5 Å². The summed E-state index contributed by atoms with van der Waals surface area (Å²) in [7, 11) is 1.16. The van der Waals surface area contributed by atoms with E-state index in [0.717, 1.165) is 7.11 Å². The standard InChI is InChI=1S/C30H41FN8O8/c1-47-24(41)12-11-21(36-23(40)15-31)29(45)39-14-5-4-10-22(39)27(43)38-25(18-16-35-19-8-3-2-7-17(18)19)28(44)37-20(26(32)42)9-6-13-34-30(33)46/h2-3,7-8,16,20-22,25,35H,4-6,9-15H2,1H3,(H2,32,42)(H,36,40)(H,37,44)(H,38,43)(H3,33,34,46)/t20-,21-,22-,25-/m0/s1. The number of urea groups is 1. The summed E-state index contributed by atoms with van der Waals surface area (Å²) < 4.78 is 17.7. The molecule has 17 heteroatoms. The Hall–Kier alpha value is -5.22. The molecule has 1 aromatic heterocycles. The van der Waals surface area contributed by atoms with Crippen LogP contribution in [-0.2, 0) is 33.5 Å². The lowest BCUT2D eigenvalue weighted by Crippen LogP contribution is -2.58. The first-order valence-electron chi connectivity index (χ1n) is 15.2. The highest BCUT2D eigenvalue weighted by molar-refractivity contribution is 5.98. The zero-order valence-electron chi connectivity index (χ0n) is 26.0. The van der Waals surface area contributed by atoms with Crippen LogP contribution in [0.5, 0.6) is 0 Å². The third-order valence-electron chi connectivity index (χ3n) is 7.82. The number of nitrogens with zero attached hydrogens (tertiary/aromatic N) is 1. The third kappa shape index (κ3) is 10.1. The molecule has 256 valence electrons. The predicted molar refractivity (Wildman–Crippen MR) is 166 cm³/mol. The van der Waals surface area contributed by atoms with Gasteiger partial charge in [-0.05, 0) is 44.6 Å². The van der Waals surface area contributed by atoms with Crippen molar-refractivity contribution in [2.24, 2.45) is 11.5 Å². The number of carbonyl (C=O) groups is 7. The van der Waals surface area contributed by atoms with Gasteiger partial charge in [0.1, 0.15) is 24.2 Å². The summed E-state index contributed by atoms with van der Waals surface area (Å²) in [5, 5.41) is 10.6. The van der Waals surface area contributed by atoms with Crippen molar-refractivity contribution in [1.82, 2.24) is 31.2 Å². The summed E-state index contributed by atoms with van der Waals surface area (Å²) in [5.41, 5.74) is 11.7. The number of piperidine rings is 1. The summed E-state index contributed by atoms with van der Waals surface area (Å²) in [4.78, 5) is 92.5. The molecule has 0 aliphatic carbocycles. The zero-order chi connectivity index (χ0) is 34.5. The Labute approximate surface area is 269 Å². The van der Waals surface area contributed by atoms with Crippen LogP contribution >= 0.6 is 0 Å². The van der Waals surface area contributed by atoms with Crippen LogP contribution in [0.1, 0.15) is 56.6 Å². The third-order valence-corrected chi connectivity index (χ3v) is 7.82. The number of aromatic nitrogens is 1. The number of carbonyl (C=O) groups excluding carboxylic acids is 7. The van der Waals surface area contributed by atoms with E-state index in [9.17, 15) is 38.0 Å². The number of fused-ring (bicyclic) bond motifs is 1. The predicted octanol–water partition coefficient (Wildman–Crippen LogP) is -0.468. The minimum absolute atomic E-state index is 0.0678. The average Bonchev–Trinajstić information content (AvgIpc) is 3.49. The van der Waals surface area contributed by atoms with Crippen molar-refractivity contribution >= 4 is 52.4 Å². The van der Waals surface area contributed by atoms with Crippen molar-refractivity contribution in [3.8, 4) is 0 Å². The Balaban J connectivity index is 1.88. The van der Waals surface area contributed by atoms with Crippen LogP contribution in [0.2, 0.25) is 0 Å². The number of likely N-dealkylation sites (tertiary alicyclic amines) is 1. The number of benzene rings is 1. The number of rotatable bonds is 16. The average molecular weight is 661 g/mol. The molecule has 2 aromatic rings. The Morgan fingerprint density at radius 2 is 1.77 bits per heavy atom. The highest BCUT2D eigenvalue weighted by atomic mass is 19.1. The fourth-order valence-corrected chi connectivity index (χ4v) is 5.44. The molecule has 1 aliphatic heterocycles. The SMILES string of the molecule is COC(=O)CC[C@H](NC(=O)CF)C(=O)N1CCCC[C@H]1C(=O)N[C@H](C(=O)N[C@@H](CCCNC(N)=O)C(N)=O)c1c[nH]c2ccccc12. The van der Waals surface area contributed by atoms with Gasteiger partial charge in [0.25, 0.3) is 5.91 Å². The molecule has 9 N–H and O–H groups in total. The van der Waals surface area contributed by atoms with Gasteiger partial charge in [-0.3, -0.25) is 28.8 Å². The maximum Gasteiger partial charge on any atom is 0.312 e. The van der Waals surface area contributed by atoms with E-state index < -0.39 is 72.4 Å². The molecular formula is C30H41FN8O8. The van der Waals surface area contributed by atoms with Gasteiger partial charge < -0.3 is 47.4 Å². The Kier molecular flexibility index (Phi) is 13.5. The highest BCUT2D eigenvalue weighted by Gasteiger charge is 2.38. The Morgan fingerprint density at radius 3 is 2.45 bits per heavy atom. The molecule has 7 amide bonds. The van der Waals surface area contributed by atoms with Crippen LogP contribution in [0, 0.1) is 0 Å². The second-order valence-corrected chi connectivity index (χ2v) is 11.0. The Morgan fingerprint density at radius 1 is 1.02 bits per heavy atom. The zero-order valence-corrected chi connectivity index (χ0v) is 26.0. The summed E-state index contributed by atoms with van der Waals surface area (Å²) in [6, 6.07) is 1.42. The van der Waals surface area contributed by atoms with Crippen LogP contribution in [0.25, 0.3) is 10.9 Å². The van der Waals surface area contributed by atoms with Crippen LogP contribution < -0.4 is 32.7 Å². The minimum atomic E-state index is -1.39. The fraction of sp³-hybridized carbons (Fsp3) is 0.500. The number of nitrogens with two attached hydrogens (primary N) is 2. The first-order valence-corrected chi connectivity index (χ1v) is 15.2. The van der Waals surface area contributed by atoms with Gasteiger partial charge >= 0.3 is 12.0 Å². The number of alkyl halides is 1. The van der Waals surface area contributed by atoms with Gasteiger partial charge in [-0.2, -0.15) is 0 Å². The van der Waals surface area contributed by atoms with E-state index in [0.29, 0.717) is 29.3 Å². The van der Waals surface area contributed by atoms with Crippen molar-refractivity contribution in [2.45, 2.75) is 69.1 Å². The van der Waals surface area contributed by atoms with E-state index in [2.05, 4.69) is 31.0 Å². The van der Waals surface area contributed by atoms with Crippen molar-refractivity contribution in [1.29, 1.82) is 0 Å². The summed E-state index contributed by atoms with van der Waals surface area (Å²) in [5.74, 6) is -4.67. The smallest absolute Gasteiger partial charge is 0.312 e. The van der Waals surface area contributed by atoms with E-state index in [1.807, 2.05) is 0 Å². The monoisotopic (exact) mass is 660 g/mol. The number of methoxy groups -OCH3 is 1. The van der Waals surface area contributed by atoms with Gasteiger partial charge in [0.2, 0.25) is 23.6 Å². The molecule has 16 nitrogen and oxygen atoms in total. The molecule has 4 atom stereocenters. The molecule has 1 aromatic carbocycles. The molecule has 0 unspecified atom stereocenters. The summed E-state index contributed by atoms with van der Waals surface area (Å²) in [6.07, 6.45) is 2.76. The number of hydrogen-bond donors (Lipinski definition) is 7. The maximum atomic E-state index is 13.9. The molecule has 0 bridgehead atoms. The lowest BCUT2D eigenvalue weighted by Gasteiger charge is -2.37. The van der Waals surface area contributed by atoms with Gasteiger partial charge in [0, 0.05) is 42.2 Å². The molecular weight excluding hydrogens is 619 g/mol. The normalized spacial score (nSPS) is 16.3. The molecule has 0 spiro atoms. The Bertz CT molecular complexity index is 1470. The topological polar surface area (TPSA) is 248 Å². The number of halogens is 1. The maximum absolute atomic E-state index is 13.9. The molecule has 2 heterocycles. The van der Waals surface area contributed by atoms with Crippen molar-refractivity contribution < 1.29 is 42.7 Å².